The number of ether oxygens (including phenoxy) is 1. The normalized spacial score (nSPS) is 36.7. The standard InChI is InChI=1S/C7H13NO/c1-3-8(4-1)7-2-5-9-6-7/h7H,1-6H2/t7-/m0/s1. The Hall–Kier alpha value is -0.0800. The minimum atomic E-state index is 0.777. The fraction of sp³-hybridized carbons (Fsp3) is 1.00. The third kappa shape index (κ3) is 0.970. The van der Waals surface area contributed by atoms with Crippen molar-refractivity contribution in [3.63, 3.8) is 0 Å². The molecule has 0 aromatic carbocycles. The molecule has 0 spiro atoms. The van der Waals surface area contributed by atoms with E-state index >= 15 is 0 Å². The molecule has 2 saturated heterocycles. The Morgan fingerprint density at radius 1 is 1.33 bits per heavy atom. The van der Waals surface area contributed by atoms with Gasteiger partial charge in [-0.2, -0.15) is 0 Å². The molecular formula is C7H13NO. The van der Waals surface area contributed by atoms with Gasteiger partial charge in [-0.3, -0.25) is 4.90 Å². The predicted octanol–water partition coefficient (Wildman–Crippen LogP) is 0.481. The van der Waals surface area contributed by atoms with Crippen molar-refractivity contribution in [2.24, 2.45) is 0 Å². The molecule has 2 rings (SSSR count). The summed E-state index contributed by atoms with van der Waals surface area (Å²) in [4.78, 5) is 2.52. The van der Waals surface area contributed by atoms with Crippen molar-refractivity contribution in [2.75, 3.05) is 26.3 Å². The van der Waals surface area contributed by atoms with Crippen LogP contribution in [0.5, 0.6) is 0 Å². The molecule has 0 amide bonds. The van der Waals surface area contributed by atoms with Gasteiger partial charge in [-0.05, 0) is 25.9 Å². The average Bonchev–Trinajstić information content (AvgIpc) is 2.11. The second-order valence-electron chi connectivity index (χ2n) is 2.91. The van der Waals surface area contributed by atoms with E-state index in [1.807, 2.05) is 0 Å². The van der Waals surface area contributed by atoms with Gasteiger partial charge < -0.3 is 4.74 Å². The number of rotatable bonds is 1. The van der Waals surface area contributed by atoms with Gasteiger partial charge in [0.15, 0.2) is 0 Å². The third-order valence-electron chi connectivity index (χ3n) is 2.31. The molecule has 0 N–H and O–H groups in total. The van der Waals surface area contributed by atoms with Crippen molar-refractivity contribution in [3.8, 4) is 0 Å². The Morgan fingerprint density at radius 2 is 2.22 bits per heavy atom. The second kappa shape index (κ2) is 2.27. The molecular weight excluding hydrogens is 114 g/mol. The summed E-state index contributed by atoms with van der Waals surface area (Å²) >= 11 is 0. The lowest BCUT2D eigenvalue weighted by atomic mass is 10.1. The van der Waals surface area contributed by atoms with Crippen molar-refractivity contribution >= 4 is 0 Å². The van der Waals surface area contributed by atoms with E-state index in [4.69, 9.17) is 4.74 Å². The summed E-state index contributed by atoms with van der Waals surface area (Å²) in [5, 5.41) is 0. The predicted molar refractivity (Wildman–Crippen MR) is 35.4 cm³/mol. The molecule has 2 nitrogen and oxygen atoms in total. The lowest BCUT2D eigenvalue weighted by molar-refractivity contribution is 0.0975. The van der Waals surface area contributed by atoms with Crippen LogP contribution in [0.4, 0.5) is 0 Å². The third-order valence-corrected chi connectivity index (χ3v) is 2.31. The molecule has 0 aliphatic carbocycles. The maximum atomic E-state index is 5.27. The summed E-state index contributed by atoms with van der Waals surface area (Å²) in [5.74, 6) is 0. The number of nitrogens with zero attached hydrogens (tertiary/aromatic N) is 1. The maximum absolute atomic E-state index is 5.27. The minimum absolute atomic E-state index is 0.777. The topological polar surface area (TPSA) is 12.5 Å². The van der Waals surface area contributed by atoms with E-state index in [9.17, 15) is 0 Å². The summed E-state index contributed by atoms with van der Waals surface area (Å²) < 4.78 is 5.27. The number of hydrogen-bond donors (Lipinski definition) is 0. The van der Waals surface area contributed by atoms with Gasteiger partial charge in [0, 0.05) is 12.6 Å². The first-order valence-corrected chi connectivity index (χ1v) is 3.78. The van der Waals surface area contributed by atoms with Gasteiger partial charge >= 0.3 is 0 Å². The van der Waals surface area contributed by atoms with Gasteiger partial charge in [-0.1, -0.05) is 0 Å². The summed E-state index contributed by atoms with van der Waals surface area (Å²) in [6.45, 7) is 4.60. The minimum Gasteiger partial charge on any atom is -0.380 e. The van der Waals surface area contributed by atoms with Gasteiger partial charge in [0.05, 0.1) is 6.61 Å². The van der Waals surface area contributed by atoms with Crippen LogP contribution in [-0.2, 0) is 4.74 Å². The first-order chi connectivity index (χ1) is 4.47. The van der Waals surface area contributed by atoms with E-state index in [2.05, 4.69) is 4.90 Å². The summed E-state index contributed by atoms with van der Waals surface area (Å²) in [5.41, 5.74) is 0. The van der Waals surface area contributed by atoms with Gasteiger partial charge in [0.2, 0.25) is 0 Å². The van der Waals surface area contributed by atoms with E-state index in [1.54, 1.807) is 0 Å². The Balaban J connectivity index is 1.82. The van der Waals surface area contributed by atoms with Crippen molar-refractivity contribution in [1.29, 1.82) is 0 Å². The van der Waals surface area contributed by atoms with Gasteiger partial charge in [-0.25, -0.2) is 0 Å². The molecule has 2 aliphatic rings. The molecule has 1 atom stereocenters. The van der Waals surface area contributed by atoms with Crippen LogP contribution in [0.15, 0.2) is 0 Å². The fourth-order valence-corrected chi connectivity index (χ4v) is 1.52. The molecule has 0 aromatic rings. The highest BCUT2D eigenvalue weighted by molar-refractivity contribution is 4.80. The van der Waals surface area contributed by atoms with Crippen LogP contribution in [-0.4, -0.2) is 37.2 Å². The zero-order valence-electron chi connectivity index (χ0n) is 5.68. The van der Waals surface area contributed by atoms with Crippen molar-refractivity contribution in [3.05, 3.63) is 0 Å². The van der Waals surface area contributed by atoms with E-state index in [0.29, 0.717) is 0 Å². The smallest absolute Gasteiger partial charge is 0.0622 e. The van der Waals surface area contributed by atoms with Gasteiger partial charge in [0.25, 0.3) is 0 Å². The Kier molecular flexibility index (Phi) is 1.44. The molecule has 0 radical (unpaired) electrons. The van der Waals surface area contributed by atoms with Crippen LogP contribution in [0, 0.1) is 0 Å². The SMILES string of the molecule is C1CN([C@H]2CCOC2)C1. The lowest BCUT2D eigenvalue weighted by Gasteiger charge is -2.35. The van der Waals surface area contributed by atoms with Gasteiger partial charge in [0.1, 0.15) is 0 Å². The maximum Gasteiger partial charge on any atom is 0.0622 e. The summed E-state index contributed by atoms with van der Waals surface area (Å²) in [7, 11) is 0. The molecule has 2 heterocycles. The number of likely N-dealkylation sites (tertiary alicyclic amines) is 1. The molecule has 0 unspecified atom stereocenters. The highest BCUT2D eigenvalue weighted by atomic mass is 16.5. The monoisotopic (exact) mass is 127 g/mol. The molecule has 0 bridgehead atoms. The zero-order chi connectivity index (χ0) is 6.10. The zero-order valence-corrected chi connectivity index (χ0v) is 5.68. The molecule has 0 saturated carbocycles. The van der Waals surface area contributed by atoms with Crippen LogP contribution in [0.1, 0.15) is 12.8 Å². The molecule has 2 heteroatoms. The number of hydrogen-bond acceptors (Lipinski definition) is 2. The highest BCUT2D eigenvalue weighted by Gasteiger charge is 2.26. The van der Waals surface area contributed by atoms with Crippen LogP contribution < -0.4 is 0 Å². The Labute approximate surface area is 55.8 Å². The van der Waals surface area contributed by atoms with Crippen molar-refractivity contribution in [2.45, 2.75) is 18.9 Å². The first kappa shape index (κ1) is 5.69. The van der Waals surface area contributed by atoms with E-state index in [1.165, 1.54) is 25.9 Å². The first-order valence-electron chi connectivity index (χ1n) is 3.78. The van der Waals surface area contributed by atoms with Crippen molar-refractivity contribution < 1.29 is 4.74 Å². The molecule has 9 heavy (non-hydrogen) atoms. The Morgan fingerprint density at radius 3 is 2.67 bits per heavy atom. The average molecular weight is 127 g/mol. The quantitative estimate of drug-likeness (QED) is 0.508. The molecule has 52 valence electrons. The fourth-order valence-electron chi connectivity index (χ4n) is 1.52. The van der Waals surface area contributed by atoms with Crippen LogP contribution in [0.3, 0.4) is 0 Å². The van der Waals surface area contributed by atoms with Crippen LogP contribution in [0.25, 0.3) is 0 Å². The lowest BCUT2D eigenvalue weighted by Crippen LogP contribution is -2.45. The largest absolute Gasteiger partial charge is 0.380 e. The highest BCUT2D eigenvalue weighted by Crippen LogP contribution is 2.17. The molecule has 2 aliphatic heterocycles. The van der Waals surface area contributed by atoms with E-state index in [-0.39, 0.29) is 0 Å². The molecule has 2 fully saturated rings. The summed E-state index contributed by atoms with van der Waals surface area (Å²) in [6.07, 6.45) is 2.66. The van der Waals surface area contributed by atoms with Gasteiger partial charge in [-0.15, -0.1) is 0 Å². The van der Waals surface area contributed by atoms with Crippen LogP contribution >= 0.6 is 0 Å². The van der Waals surface area contributed by atoms with Crippen LogP contribution in [0.2, 0.25) is 0 Å². The Bertz CT molecular complexity index is 95.1. The second-order valence-corrected chi connectivity index (χ2v) is 2.91. The summed E-state index contributed by atoms with van der Waals surface area (Å²) in [6, 6.07) is 0.777. The van der Waals surface area contributed by atoms with E-state index in [0.717, 1.165) is 19.3 Å². The van der Waals surface area contributed by atoms with E-state index < -0.39 is 0 Å². The molecule has 0 aromatic heterocycles. The van der Waals surface area contributed by atoms with Crippen molar-refractivity contribution in [1.82, 2.24) is 4.90 Å².